The zero-order chi connectivity index (χ0) is 20.9. The molecule has 0 bridgehead atoms. The summed E-state index contributed by atoms with van der Waals surface area (Å²) >= 11 is 13.7. The lowest BCUT2D eigenvalue weighted by Crippen LogP contribution is -2.06. The Balaban J connectivity index is 1.58. The van der Waals surface area contributed by atoms with E-state index in [1.807, 2.05) is 59.2 Å². The van der Waals surface area contributed by atoms with Crippen LogP contribution in [0.2, 0.25) is 10.0 Å². The molecule has 0 aliphatic rings. The molecule has 0 unspecified atom stereocenters. The van der Waals surface area contributed by atoms with Crippen LogP contribution in [0.15, 0.2) is 78.0 Å². The highest BCUT2D eigenvalue weighted by Gasteiger charge is 2.15. The van der Waals surface area contributed by atoms with E-state index in [1.54, 1.807) is 23.9 Å². The lowest BCUT2D eigenvalue weighted by Gasteiger charge is -2.12. The van der Waals surface area contributed by atoms with Gasteiger partial charge in [-0.15, -0.1) is 10.2 Å². The van der Waals surface area contributed by atoms with Gasteiger partial charge in [-0.25, -0.2) is 0 Å². The second kappa shape index (κ2) is 9.56. The first-order valence-corrected chi connectivity index (χ1v) is 11.1. The highest BCUT2D eigenvalue weighted by Crippen LogP contribution is 2.28. The van der Waals surface area contributed by atoms with E-state index in [4.69, 9.17) is 27.9 Å². The Labute approximate surface area is 189 Å². The van der Waals surface area contributed by atoms with Gasteiger partial charge in [0.15, 0.2) is 11.0 Å². The third kappa shape index (κ3) is 4.98. The van der Waals surface area contributed by atoms with E-state index in [1.165, 1.54) is 5.56 Å². The lowest BCUT2D eigenvalue weighted by molar-refractivity contribution is 0.293. The lowest BCUT2D eigenvalue weighted by atomic mass is 10.1. The standard InChI is InChI=1S/C23H19Cl2N3OS/c1-16-13-19(25)8-7-17(16)15-30-23-27-26-22(28(23)20-5-3-2-4-6-20)14-29-21-11-9-18(24)10-12-21/h2-13H,14-15H2,1H3. The average Bonchev–Trinajstić information content (AvgIpc) is 3.16. The maximum atomic E-state index is 6.08. The van der Waals surface area contributed by atoms with E-state index in [0.717, 1.165) is 38.8 Å². The number of aryl methyl sites for hydroxylation is 1. The fraction of sp³-hybridized carbons (Fsp3) is 0.130. The van der Waals surface area contributed by atoms with Crippen LogP contribution in [-0.2, 0) is 12.4 Å². The molecule has 1 heterocycles. The monoisotopic (exact) mass is 455 g/mol. The summed E-state index contributed by atoms with van der Waals surface area (Å²) in [4.78, 5) is 0. The number of aromatic nitrogens is 3. The molecule has 0 saturated heterocycles. The van der Waals surface area contributed by atoms with Crippen molar-refractivity contribution in [2.45, 2.75) is 24.4 Å². The highest BCUT2D eigenvalue weighted by atomic mass is 35.5. The van der Waals surface area contributed by atoms with Crippen molar-refractivity contribution >= 4 is 35.0 Å². The summed E-state index contributed by atoms with van der Waals surface area (Å²) in [5.41, 5.74) is 3.37. The van der Waals surface area contributed by atoms with Gasteiger partial charge in [0.2, 0.25) is 0 Å². The minimum Gasteiger partial charge on any atom is -0.486 e. The summed E-state index contributed by atoms with van der Waals surface area (Å²) in [6.45, 7) is 2.36. The van der Waals surface area contributed by atoms with Gasteiger partial charge in [-0.05, 0) is 66.6 Å². The van der Waals surface area contributed by atoms with Crippen molar-refractivity contribution in [1.82, 2.24) is 14.8 Å². The number of ether oxygens (including phenoxy) is 1. The number of halogens is 2. The summed E-state index contributed by atoms with van der Waals surface area (Å²) in [6.07, 6.45) is 0. The van der Waals surface area contributed by atoms with Gasteiger partial charge in [-0.3, -0.25) is 4.57 Å². The third-order valence-electron chi connectivity index (χ3n) is 4.56. The molecule has 0 aliphatic heterocycles. The quantitative estimate of drug-likeness (QED) is 0.288. The van der Waals surface area contributed by atoms with Gasteiger partial charge >= 0.3 is 0 Å². The number of nitrogens with zero attached hydrogens (tertiary/aromatic N) is 3. The van der Waals surface area contributed by atoms with Crippen LogP contribution in [0.3, 0.4) is 0 Å². The molecule has 7 heteroatoms. The molecule has 1 aromatic heterocycles. The third-order valence-corrected chi connectivity index (χ3v) is 6.02. The summed E-state index contributed by atoms with van der Waals surface area (Å²) in [7, 11) is 0. The molecule has 152 valence electrons. The van der Waals surface area contributed by atoms with Crippen LogP contribution in [-0.4, -0.2) is 14.8 Å². The number of para-hydroxylation sites is 1. The van der Waals surface area contributed by atoms with Gasteiger partial charge < -0.3 is 4.74 Å². The van der Waals surface area contributed by atoms with Crippen LogP contribution < -0.4 is 4.74 Å². The van der Waals surface area contributed by atoms with Crippen molar-refractivity contribution < 1.29 is 4.74 Å². The first-order valence-electron chi connectivity index (χ1n) is 9.36. The second-order valence-electron chi connectivity index (χ2n) is 6.67. The van der Waals surface area contributed by atoms with Gasteiger partial charge in [0, 0.05) is 21.5 Å². The smallest absolute Gasteiger partial charge is 0.196 e. The summed E-state index contributed by atoms with van der Waals surface area (Å²) in [5, 5.41) is 11.1. The van der Waals surface area contributed by atoms with Gasteiger partial charge in [0.25, 0.3) is 0 Å². The molecule has 0 atom stereocenters. The van der Waals surface area contributed by atoms with Crippen molar-refractivity contribution in [3.63, 3.8) is 0 Å². The van der Waals surface area contributed by atoms with E-state index in [0.29, 0.717) is 11.6 Å². The average molecular weight is 456 g/mol. The minimum atomic E-state index is 0.296. The van der Waals surface area contributed by atoms with Crippen LogP contribution in [0, 0.1) is 6.92 Å². The molecule has 4 nitrogen and oxygen atoms in total. The van der Waals surface area contributed by atoms with Crippen molar-refractivity contribution in [1.29, 1.82) is 0 Å². The Morgan fingerprint density at radius 3 is 2.37 bits per heavy atom. The Hall–Kier alpha value is -2.47. The largest absolute Gasteiger partial charge is 0.486 e. The molecule has 0 spiro atoms. The summed E-state index contributed by atoms with van der Waals surface area (Å²) < 4.78 is 7.95. The van der Waals surface area contributed by atoms with Crippen LogP contribution in [0.5, 0.6) is 5.75 Å². The van der Waals surface area contributed by atoms with Gasteiger partial charge in [-0.2, -0.15) is 0 Å². The van der Waals surface area contributed by atoms with E-state index in [2.05, 4.69) is 23.2 Å². The number of rotatable bonds is 7. The Kier molecular flexibility index (Phi) is 6.62. The predicted molar refractivity (Wildman–Crippen MR) is 123 cm³/mol. The Morgan fingerprint density at radius 1 is 0.900 bits per heavy atom. The maximum Gasteiger partial charge on any atom is 0.196 e. The number of hydrogen-bond donors (Lipinski definition) is 0. The van der Waals surface area contributed by atoms with Crippen LogP contribution in [0.1, 0.15) is 17.0 Å². The van der Waals surface area contributed by atoms with E-state index < -0.39 is 0 Å². The zero-order valence-electron chi connectivity index (χ0n) is 16.3. The number of benzene rings is 3. The fourth-order valence-corrected chi connectivity index (χ4v) is 4.37. The molecule has 0 aliphatic carbocycles. The number of hydrogen-bond acceptors (Lipinski definition) is 4. The van der Waals surface area contributed by atoms with Crippen molar-refractivity contribution in [2.75, 3.05) is 0 Å². The second-order valence-corrected chi connectivity index (χ2v) is 8.49. The topological polar surface area (TPSA) is 39.9 Å². The van der Waals surface area contributed by atoms with Crippen LogP contribution in [0.25, 0.3) is 5.69 Å². The number of thioether (sulfide) groups is 1. The first kappa shape index (κ1) is 20.8. The molecule has 0 N–H and O–H groups in total. The molecule has 0 saturated carbocycles. The minimum absolute atomic E-state index is 0.296. The van der Waals surface area contributed by atoms with E-state index >= 15 is 0 Å². The first-order chi connectivity index (χ1) is 14.6. The molecular weight excluding hydrogens is 437 g/mol. The Morgan fingerprint density at radius 2 is 1.63 bits per heavy atom. The molecule has 0 fully saturated rings. The van der Waals surface area contributed by atoms with Gasteiger partial charge in [0.1, 0.15) is 12.4 Å². The molecule has 30 heavy (non-hydrogen) atoms. The molecule has 3 aromatic carbocycles. The SMILES string of the molecule is Cc1cc(Cl)ccc1CSc1nnc(COc2ccc(Cl)cc2)n1-c1ccccc1. The predicted octanol–water partition coefficient (Wildman–Crippen LogP) is 6.75. The van der Waals surface area contributed by atoms with E-state index in [9.17, 15) is 0 Å². The van der Waals surface area contributed by atoms with Gasteiger partial charge in [-0.1, -0.05) is 59.2 Å². The van der Waals surface area contributed by atoms with Crippen molar-refractivity contribution in [2.24, 2.45) is 0 Å². The highest BCUT2D eigenvalue weighted by molar-refractivity contribution is 7.98. The zero-order valence-corrected chi connectivity index (χ0v) is 18.6. The summed E-state index contributed by atoms with van der Waals surface area (Å²) in [5.74, 6) is 2.23. The summed E-state index contributed by atoms with van der Waals surface area (Å²) in [6, 6.07) is 23.3. The molecule has 4 aromatic rings. The van der Waals surface area contributed by atoms with Crippen molar-refractivity contribution in [3.8, 4) is 11.4 Å². The van der Waals surface area contributed by atoms with Crippen LogP contribution in [0.4, 0.5) is 0 Å². The van der Waals surface area contributed by atoms with Gasteiger partial charge in [0.05, 0.1) is 0 Å². The molecular formula is C23H19Cl2N3OS. The molecule has 4 rings (SSSR count). The maximum absolute atomic E-state index is 6.08. The molecule has 0 radical (unpaired) electrons. The normalized spacial score (nSPS) is 10.9. The van der Waals surface area contributed by atoms with Crippen molar-refractivity contribution in [3.05, 3.63) is 99.8 Å². The van der Waals surface area contributed by atoms with E-state index in [-0.39, 0.29) is 0 Å². The molecule has 0 amide bonds. The fourth-order valence-electron chi connectivity index (χ4n) is 2.97. The Bertz CT molecular complexity index is 1130. The van der Waals surface area contributed by atoms with Crippen LogP contribution >= 0.6 is 35.0 Å².